The van der Waals surface area contributed by atoms with Crippen molar-refractivity contribution in [1.82, 2.24) is 0 Å². The first-order valence-electron chi connectivity index (χ1n) is 10.6. The number of nitrogens with zero attached hydrogens (tertiary/aromatic N) is 1. The summed E-state index contributed by atoms with van der Waals surface area (Å²) in [5.41, 5.74) is 3.26. The highest BCUT2D eigenvalue weighted by molar-refractivity contribution is 5.61. The van der Waals surface area contributed by atoms with Gasteiger partial charge in [0.2, 0.25) is 5.69 Å². The summed E-state index contributed by atoms with van der Waals surface area (Å²) < 4.78 is 63.9. The molecule has 2 unspecified atom stereocenters. The van der Waals surface area contributed by atoms with Gasteiger partial charge in [-0.15, -0.1) is 0 Å². The van der Waals surface area contributed by atoms with Crippen LogP contribution in [0.2, 0.25) is 0 Å². The van der Waals surface area contributed by atoms with Gasteiger partial charge in [-0.1, -0.05) is 39.7 Å². The minimum Gasteiger partial charge on any atom is -0.201 e. The summed E-state index contributed by atoms with van der Waals surface area (Å²) in [6.45, 7) is -0.292. The van der Waals surface area contributed by atoms with Crippen LogP contribution in [0.5, 0.6) is 0 Å². The Balaban J connectivity index is 2.50. The fraction of sp³-hybridized carbons (Fsp3) is 0.421. The maximum absolute atomic E-state index is 8.25. The van der Waals surface area contributed by atoms with Crippen LogP contribution < -0.4 is 4.57 Å². The Kier molecular flexibility index (Phi) is 2.14. The van der Waals surface area contributed by atoms with Crippen LogP contribution in [-0.4, -0.2) is 0 Å². The lowest BCUT2D eigenvalue weighted by molar-refractivity contribution is -0.660. The molecule has 0 N–H and O–H groups in total. The number of hydrogen-bond acceptors (Lipinski definition) is 0. The number of aromatic nitrogens is 1. The third-order valence-corrected chi connectivity index (χ3v) is 3.50. The van der Waals surface area contributed by atoms with Crippen LogP contribution in [0.25, 0.3) is 11.3 Å². The minimum atomic E-state index is -2.45. The third kappa shape index (κ3) is 2.92. The quantitative estimate of drug-likeness (QED) is 0.713. The average molecular weight is 276 g/mol. The van der Waals surface area contributed by atoms with Gasteiger partial charge < -0.3 is 0 Å². The van der Waals surface area contributed by atoms with Crippen molar-refractivity contribution in [3.63, 3.8) is 0 Å². The Hall–Kier alpha value is -1.63. The Labute approximate surface area is 134 Å². The van der Waals surface area contributed by atoms with Gasteiger partial charge in [0.25, 0.3) is 0 Å². The van der Waals surface area contributed by atoms with Crippen molar-refractivity contribution in [2.75, 3.05) is 0 Å². The van der Waals surface area contributed by atoms with Gasteiger partial charge in [0.15, 0.2) is 6.20 Å². The fourth-order valence-corrected chi connectivity index (χ4v) is 2.29. The van der Waals surface area contributed by atoms with Crippen LogP contribution in [0.15, 0.2) is 36.5 Å². The van der Waals surface area contributed by atoms with Crippen molar-refractivity contribution in [1.29, 1.82) is 0 Å². The molecule has 1 aromatic heterocycles. The van der Waals surface area contributed by atoms with E-state index in [9.17, 15) is 0 Å². The zero-order valence-corrected chi connectivity index (χ0v) is 12.4. The molecule has 2 aromatic rings. The predicted molar refractivity (Wildman–Crippen MR) is 86.0 cm³/mol. The largest absolute Gasteiger partial charge is 0.212 e. The topological polar surface area (TPSA) is 3.88 Å². The molecule has 20 heavy (non-hydrogen) atoms. The van der Waals surface area contributed by atoms with Crippen molar-refractivity contribution >= 4 is 0 Å². The molecular formula is C19H26N+. The number of hydrogen-bond donors (Lipinski definition) is 0. The SMILES string of the molecule is [2H]C([2H])([2H])C([2H])(C)c1ccc(-c2ccc(C([2H])(C)C([2H])([2H])[2H])c[n+]2C)c(C)c1. The summed E-state index contributed by atoms with van der Waals surface area (Å²) in [6, 6.07) is 8.53. The second kappa shape index (κ2) is 5.78. The molecule has 1 heterocycles. The maximum Gasteiger partial charge on any atom is 0.212 e. The van der Waals surface area contributed by atoms with Gasteiger partial charge in [0, 0.05) is 28.2 Å². The molecule has 0 aliphatic carbocycles. The van der Waals surface area contributed by atoms with Crippen LogP contribution in [0, 0.1) is 6.92 Å². The van der Waals surface area contributed by atoms with Gasteiger partial charge in [-0.3, -0.25) is 0 Å². The molecule has 106 valence electrons. The first-order valence-corrected chi connectivity index (χ1v) is 6.62. The summed E-state index contributed by atoms with van der Waals surface area (Å²) in [7, 11) is 1.78. The Morgan fingerprint density at radius 1 is 1.05 bits per heavy atom. The summed E-state index contributed by atoms with van der Waals surface area (Å²) in [5.74, 6) is -3.44. The highest BCUT2D eigenvalue weighted by Gasteiger charge is 2.14. The molecule has 0 spiro atoms. The molecule has 2 rings (SSSR count). The zero-order valence-electron chi connectivity index (χ0n) is 20.4. The van der Waals surface area contributed by atoms with Crippen LogP contribution in [0.1, 0.15) is 67.0 Å². The number of benzene rings is 1. The molecule has 0 saturated heterocycles. The minimum absolute atomic E-state index is 0.383. The van der Waals surface area contributed by atoms with Crippen LogP contribution in [-0.2, 0) is 7.05 Å². The number of rotatable bonds is 3. The van der Waals surface area contributed by atoms with Gasteiger partial charge in [-0.2, -0.15) is 0 Å². The van der Waals surface area contributed by atoms with Crippen LogP contribution >= 0.6 is 0 Å². The van der Waals surface area contributed by atoms with E-state index in [2.05, 4.69) is 0 Å². The Bertz CT molecular complexity index is 805. The molecule has 0 bridgehead atoms. The molecule has 2 atom stereocenters. The van der Waals surface area contributed by atoms with Gasteiger partial charge in [0.05, 0.1) is 0 Å². The van der Waals surface area contributed by atoms with Crippen molar-refractivity contribution in [3.8, 4) is 11.3 Å². The molecule has 0 radical (unpaired) electrons. The van der Waals surface area contributed by atoms with Crippen molar-refractivity contribution < 1.29 is 15.5 Å². The predicted octanol–water partition coefficient (Wildman–Crippen LogP) is 4.73. The highest BCUT2D eigenvalue weighted by atomic mass is 14.9. The molecule has 0 aliphatic rings. The summed E-state index contributed by atoms with van der Waals surface area (Å²) >= 11 is 0. The zero-order chi connectivity index (χ0) is 21.7. The van der Waals surface area contributed by atoms with Crippen molar-refractivity contribution in [2.24, 2.45) is 7.05 Å². The summed E-state index contributed by atoms with van der Waals surface area (Å²) in [6.07, 6.45) is 1.64. The molecule has 0 saturated carbocycles. The number of pyridine rings is 1. The average Bonchev–Trinajstić information content (AvgIpc) is 2.53. The summed E-state index contributed by atoms with van der Waals surface area (Å²) in [5, 5.41) is 0. The normalized spacial score (nSPS) is 24.4. The third-order valence-electron chi connectivity index (χ3n) is 3.50. The molecular weight excluding hydrogens is 242 g/mol. The van der Waals surface area contributed by atoms with E-state index in [1.807, 2.05) is 6.92 Å². The fourth-order valence-electron chi connectivity index (χ4n) is 2.29. The van der Waals surface area contributed by atoms with Gasteiger partial charge in [-0.05, 0) is 42.0 Å². The Morgan fingerprint density at radius 3 is 2.30 bits per heavy atom. The van der Waals surface area contributed by atoms with Crippen molar-refractivity contribution in [3.05, 3.63) is 53.2 Å². The first kappa shape index (κ1) is 7.40. The van der Waals surface area contributed by atoms with E-state index in [-0.39, 0.29) is 0 Å². The van der Waals surface area contributed by atoms with E-state index < -0.39 is 25.5 Å². The smallest absolute Gasteiger partial charge is 0.201 e. The van der Waals surface area contributed by atoms with E-state index >= 15 is 0 Å². The number of aryl methyl sites for hydroxylation is 2. The van der Waals surface area contributed by atoms with E-state index in [0.29, 0.717) is 11.1 Å². The molecule has 1 heteroatoms. The Morgan fingerprint density at radius 2 is 1.70 bits per heavy atom. The maximum atomic E-state index is 8.25. The summed E-state index contributed by atoms with van der Waals surface area (Å²) in [4.78, 5) is 0. The van der Waals surface area contributed by atoms with Crippen molar-refractivity contribution in [2.45, 2.75) is 46.3 Å². The first-order chi connectivity index (χ1) is 12.5. The van der Waals surface area contributed by atoms with Gasteiger partial charge >= 0.3 is 0 Å². The van der Waals surface area contributed by atoms with Gasteiger partial charge in [-0.25, -0.2) is 4.57 Å². The monoisotopic (exact) mass is 276 g/mol. The molecule has 1 aromatic carbocycles. The standard InChI is InChI=1S/C19H26N/c1-13(2)16-7-9-18(15(5)11-16)19-10-8-17(14(3)4)12-20(19)6/h7-14H,1-6H3/q+1/i1D3,3D3,13D,14D. The second-order valence-electron chi connectivity index (χ2n) is 5.19. The van der Waals surface area contributed by atoms with E-state index in [1.54, 1.807) is 48.1 Å². The van der Waals surface area contributed by atoms with Crippen LogP contribution in [0.3, 0.4) is 0 Å². The lowest BCUT2D eigenvalue weighted by Crippen LogP contribution is -2.31. The molecule has 0 fully saturated rings. The lowest BCUT2D eigenvalue weighted by Gasteiger charge is -2.11. The lowest BCUT2D eigenvalue weighted by atomic mass is 9.95. The van der Waals surface area contributed by atoms with E-state index in [1.165, 1.54) is 13.8 Å². The molecule has 0 aliphatic heterocycles. The highest BCUT2D eigenvalue weighted by Crippen LogP contribution is 2.25. The second-order valence-corrected chi connectivity index (χ2v) is 5.19. The molecule has 0 amide bonds. The van der Waals surface area contributed by atoms with Crippen LogP contribution in [0.4, 0.5) is 0 Å². The van der Waals surface area contributed by atoms with E-state index in [4.69, 9.17) is 11.0 Å². The van der Waals surface area contributed by atoms with E-state index in [0.717, 1.165) is 16.8 Å². The van der Waals surface area contributed by atoms with Gasteiger partial charge in [0.1, 0.15) is 7.05 Å². The molecule has 1 nitrogen and oxygen atoms in total.